The summed E-state index contributed by atoms with van der Waals surface area (Å²) in [4.78, 5) is 25.9. The van der Waals surface area contributed by atoms with E-state index >= 15 is 0 Å². The van der Waals surface area contributed by atoms with Gasteiger partial charge in [0.25, 0.3) is 0 Å². The number of carbonyl (C=O) groups excluding carboxylic acids is 1. The van der Waals surface area contributed by atoms with Crippen LogP contribution in [-0.4, -0.2) is 51.9 Å². The molecule has 0 aromatic carbocycles. The number of carbonyl (C=O) groups is 1. The second-order valence-corrected chi connectivity index (χ2v) is 5.91. The highest BCUT2D eigenvalue weighted by atomic mass is 16.2. The van der Waals surface area contributed by atoms with Gasteiger partial charge in [-0.2, -0.15) is 0 Å². The number of imidazole rings is 1. The molecule has 23 heavy (non-hydrogen) atoms. The van der Waals surface area contributed by atoms with Crippen molar-refractivity contribution in [2.75, 3.05) is 26.2 Å². The number of aromatic nitrogens is 3. The molecule has 3 heterocycles. The average molecular weight is 313 g/mol. The largest absolute Gasteiger partial charge is 0.342 e. The summed E-state index contributed by atoms with van der Waals surface area (Å²) in [5, 5.41) is 3.23. The number of hydrogen-bond donors (Lipinski definition) is 2. The molecule has 1 aliphatic rings. The minimum atomic E-state index is 0.207. The number of H-pyrrole nitrogens is 1. The van der Waals surface area contributed by atoms with Crippen LogP contribution in [-0.2, 0) is 11.2 Å². The number of aromatic amines is 1. The van der Waals surface area contributed by atoms with E-state index in [0.29, 0.717) is 6.54 Å². The van der Waals surface area contributed by atoms with E-state index in [9.17, 15) is 4.79 Å². The van der Waals surface area contributed by atoms with Crippen LogP contribution in [0.1, 0.15) is 24.2 Å². The van der Waals surface area contributed by atoms with Crippen LogP contribution in [0.4, 0.5) is 0 Å². The predicted octanol–water partition coefficient (Wildman–Crippen LogP) is 1.53. The second kappa shape index (κ2) is 7.37. The minimum Gasteiger partial charge on any atom is -0.342 e. The number of hydrogen-bond acceptors (Lipinski definition) is 4. The van der Waals surface area contributed by atoms with Gasteiger partial charge in [-0.05, 0) is 31.9 Å². The van der Waals surface area contributed by atoms with Crippen molar-refractivity contribution in [3.8, 4) is 11.4 Å². The summed E-state index contributed by atoms with van der Waals surface area (Å²) in [6, 6.07) is 3.88. The molecule has 122 valence electrons. The smallest absolute Gasteiger partial charge is 0.236 e. The van der Waals surface area contributed by atoms with E-state index in [2.05, 4.69) is 20.3 Å². The van der Waals surface area contributed by atoms with Crippen molar-refractivity contribution in [2.24, 2.45) is 0 Å². The van der Waals surface area contributed by atoms with E-state index in [1.54, 1.807) is 12.4 Å². The van der Waals surface area contributed by atoms with Crippen LogP contribution in [0, 0.1) is 6.92 Å². The SMILES string of the molecule is Cc1[nH]c(-c2ccncc2)nc1CCNCC(=O)N1CCCC1. The van der Waals surface area contributed by atoms with Gasteiger partial charge in [0.1, 0.15) is 5.82 Å². The summed E-state index contributed by atoms with van der Waals surface area (Å²) in [7, 11) is 0. The topological polar surface area (TPSA) is 73.9 Å². The van der Waals surface area contributed by atoms with Gasteiger partial charge in [-0.3, -0.25) is 9.78 Å². The number of pyridine rings is 1. The molecule has 2 N–H and O–H groups in total. The van der Waals surface area contributed by atoms with E-state index in [0.717, 1.165) is 61.7 Å². The van der Waals surface area contributed by atoms with Crippen LogP contribution in [0.2, 0.25) is 0 Å². The molecule has 1 fully saturated rings. The molecule has 6 heteroatoms. The van der Waals surface area contributed by atoms with E-state index in [1.807, 2.05) is 24.0 Å². The summed E-state index contributed by atoms with van der Waals surface area (Å²) >= 11 is 0. The summed E-state index contributed by atoms with van der Waals surface area (Å²) in [5.41, 5.74) is 3.15. The van der Waals surface area contributed by atoms with E-state index < -0.39 is 0 Å². The predicted molar refractivity (Wildman–Crippen MR) is 88.9 cm³/mol. The number of nitrogens with one attached hydrogen (secondary N) is 2. The fraction of sp³-hybridized carbons (Fsp3) is 0.471. The highest BCUT2D eigenvalue weighted by Crippen LogP contribution is 2.17. The lowest BCUT2D eigenvalue weighted by Crippen LogP contribution is -2.36. The standard InChI is InChI=1S/C17H23N5O/c1-13-15(21-17(20-13)14-4-7-18-8-5-14)6-9-19-12-16(23)22-10-2-3-11-22/h4-5,7-8,19H,2-3,6,9-12H2,1H3,(H,20,21). The summed E-state index contributed by atoms with van der Waals surface area (Å²) in [5.74, 6) is 1.08. The third-order valence-corrected chi connectivity index (χ3v) is 4.21. The van der Waals surface area contributed by atoms with Gasteiger partial charge in [-0.1, -0.05) is 0 Å². The Hall–Kier alpha value is -2.21. The zero-order chi connectivity index (χ0) is 16.1. The lowest BCUT2D eigenvalue weighted by molar-refractivity contribution is -0.129. The first-order valence-corrected chi connectivity index (χ1v) is 8.18. The molecule has 0 aliphatic carbocycles. The van der Waals surface area contributed by atoms with Crippen LogP contribution >= 0.6 is 0 Å². The molecule has 0 unspecified atom stereocenters. The molecule has 3 rings (SSSR count). The summed E-state index contributed by atoms with van der Waals surface area (Å²) < 4.78 is 0. The van der Waals surface area contributed by atoms with Crippen molar-refractivity contribution in [2.45, 2.75) is 26.2 Å². The molecule has 1 saturated heterocycles. The fourth-order valence-corrected chi connectivity index (χ4v) is 2.87. The monoisotopic (exact) mass is 313 g/mol. The van der Waals surface area contributed by atoms with Gasteiger partial charge in [-0.15, -0.1) is 0 Å². The molecule has 2 aromatic rings. The molecular formula is C17H23N5O. The van der Waals surface area contributed by atoms with Gasteiger partial charge in [0.05, 0.1) is 12.2 Å². The quantitative estimate of drug-likeness (QED) is 0.793. The second-order valence-electron chi connectivity index (χ2n) is 5.91. The molecule has 0 spiro atoms. The number of nitrogens with zero attached hydrogens (tertiary/aromatic N) is 3. The van der Waals surface area contributed by atoms with Crippen LogP contribution < -0.4 is 5.32 Å². The Morgan fingerprint density at radius 2 is 2.04 bits per heavy atom. The molecule has 0 radical (unpaired) electrons. The Kier molecular flexibility index (Phi) is 5.02. The van der Waals surface area contributed by atoms with Crippen molar-refractivity contribution < 1.29 is 4.79 Å². The molecule has 6 nitrogen and oxygen atoms in total. The summed E-state index contributed by atoms with van der Waals surface area (Å²) in [6.07, 6.45) is 6.60. The Balaban J connectivity index is 1.49. The van der Waals surface area contributed by atoms with E-state index in [1.165, 1.54) is 0 Å². The maximum atomic E-state index is 11.9. The highest BCUT2D eigenvalue weighted by molar-refractivity contribution is 5.78. The molecule has 1 aliphatic heterocycles. The van der Waals surface area contributed by atoms with Gasteiger partial charge in [0.15, 0.2) is 0 Å². The summed E-state index contributed by atoms with van der Waals surface area (Å²) in [6.45, 7) is 5.02. The Bertz CT molecular complexity index is 646. The van der Waals surface area contributed by atoms with Crippen molar-refractivity contribution in [1.82, 2.24) is 25.2 Å². The van der Waals surface area contributed by atoms with Gasteiger partial charge >= 0.3 is 0 Å². The average Bonchev–Trinajstić information content (AvgIpc) is 3.22. The van der Waals surface area contributed by atoms with Gasteiger partial charge in [-0.25, -0.2) is 4.98 Å². The first kappa shape index (κ1) is 15.7. The molecule has 0 saturated carbocycles. The first-order chi connectivity index (χ1) is 11.2. The Morgan fingerprint density at radius 3 is 2.78 bits per heavy atom. The molecule has 0 atom stereocenters. The molecule has 0 bridgehead atoms. The van der Waals surface area contributed by atoms with Crippen LogP contribution in [0.25, 0.3) is 11.4 Å². The number of aryl methyl sites for hydroxylation is 1. The fourth-order valence-electron chi connectivity index (χ4n) is 2.87. The van der Waals surface area contributed by atoms with Gasteiger partial charge in [0, 0.05) is 49.7 Å². The Morgan fingerprint density at radius 1 is 1.30 bits per heavy atom. The van der Waals surface area contributed by atoms with Crippen LogP contribution in [0.5, 0.6) is 0 Å². The van der Waals surface area contributed by atoms with Crippen LogP contribution in [0.15, 0.2) is 24.5 Å². The maximum absolute atomic E-state index is 11.9. The van der Waals surface area contributed by atoms with Gasteiger partial charge in [0.2, 0.25) is 5.91 Å². The maximum Gasteiger partial charge on any atom is 0.236 e. The van der Waals surface area contributed by atoms with Gasteiger partial charge < -0.3 is 15.2 Å². The zero-order valence-electron chi connectivity index (χ0n) is 13.5. The van der Waals surface area contributed by atoms with E-state index in [4.69, 9.17) is 0 Å². The van der Waals surface area contributed by atoms with Crippen molar-refractivity contribution in [3.63, 3.8) is 0 Å². The minimum absolute atomic E-state index is 0.207. The van der Waals surface area contributed by atoms with Crippen LogP contribution in [0.3, 0.4) is 0 Å². The normalized spacial score (nSPS) is 14.4. The first-order valence-electron chi connectivity index (χ1n) is 8.18. The lowest BCUT2D eigenvalue weighted by atomic mass is 10.2. The molecular weight excluding hydrogens is 290 g/mol. The highest BCUT2D eigenvalue weighted by Gasteiger charge is 2.17. The number of amides is 1. The molecule has 1 amide bonds. The lowest BCUT2D eigenvalue weighted by Gasteiger charge is -2.15. The van der Waals surface area contributed by atoms with E-state index in [-0.39, 0.29) is 5.91 Å². The zero-order valence-corrected chi connectivity index (χ0v) is 13.5. The number of rotatable bonds is 6. The Labute approximate surface area is 136 Å². The van der Waals surface area contributed by atoms with Crippen molar-refractivity contribution >= 4 is 5.91 Å². The van der Waals surface area contributed by atoms with Crippen molar-refractivity contribution in [1.29, 1.82) is 0 Å². The number of likely N-dealkylation sites (tertiary alicyclic amines) is 1. The molecule has 2 aromatic heterocycles. The van der Waals surface area contributed by atoms with Crippen molar-refractivity contribution in [3.05, 3.63) is 35.9 Å². The third kappa shape index (κ3) is 3.96. The third-order valence-electron chi connectivity index (χ3n) is 4.21.